The van der Waals surface area contributed by atoms with E-state index in [1.165, 1.54) is 0 Å². The van der Waals surface area contributed by atoms with E-state index in [0.717, 1.165) is 5.69 Å². The van der Waals surface area contributed by atoms with Gasteiger partial charge in [0.25, 0.3) is 5.91 Å². The number of aromatic nitrogens is 6. The first kappa shape index (κ1) is 16.6. The Morgan fingerprint density at radius 1 is 1.15 bits per heavy atom. The van der Waals surface area contributed by atoms with Gasteiger partial charge in [0.1, 0.15) is 24.4 Å². The third-order valence-corrected chi connectivity index (χ3v) is 3.88. The molecule has 134 valence electrons. The fraction of sp³-hybridized carbons (Fsp3) is 0.111. The molecule has 0 aliphatic heterocycles. The van der Waals surface area contributed by atoms with Crippen LogP contribution in [0.3, 0.4) is 0 Å². The Morgan fingerprint density at radius 3 is 2.78 bits per heavy atom. The van der Waals surface area contributed by atoms with Gasteiger partial charge in [-0.2, -0.15) is 4.98 Å². The smallest absolute Gasteiger partial charge is 0.251 e. The van der Waals surface area contributed by atoms with E-state index in [0.29, 0.717) is 23.0 Å². The van der Waals surface area contributed by atoms with Gasteiger partial charge in [-0.3, -0.25) is 14.3 Å². The van der Waals surface area contributed by atoms with E-state index < -0.39 is 6.04 Å². The summed E-state index contributed by atoms with van der Waals surface area (Å²) >= 11 is 0. The highest BCUT2D eigenvalue weighted by Gasteiger charge is 2.18. The minimum atomic E-state index is -0.457. The van der Waals surface area contributed by atoms with Crippen molar-refractivity contribution in [1.82, 2.24) is 35.2 Å². The number of pyridine rings is 1. The normalized spacial score (nSPS) is 11.9. The number of rotatable bonds is 5. The zero-order chi connectivity index (χ0) is 18.6. The van der Waals surface area contributed by atoms with Gasteiger partial charge in [-0.1, -0.05) is 17.3 Å². The van der Waals surface area contributed by atoms with Crippen LogP contribution in [0.25, 0.3) is 17.2 Å². The van der Waals surface area contributed by atoms with Crippen molar-refractivity contribution in [3.8, 4) is 17.2 Å². The summed E-state index contributed by atoms with van der Waals surface area (Å²) in [5.74, 6) is 0.426. The lowest BCUT2D eigenvalue weighted by Crippen LogP contribution is -2.27. The second kappa shape index (κ2) is 7.16. The molecule has 9 nitrogen and oxygen atoms in total. The summed E-state index contributed by atoms with van der Waals surface area (Å²) < 4.78 is 6.98. The number of hydrogen-bond acceptors (Lipinski definition) is 7. The molecule has 0 spiro atoms. The van der Waals surface area contributed by atoms with Gasteiger partial charge < -0.3 is 9.84 Å². The van der Waals surface area contributed by atoms with Gasteiger partial charge in [0.2, 0.25) is 11.7 Å². The Labute approximate surface area is 154 Å². The number of nitrogens with one attached hydrogen (secondary N) is 1. The predicted molar refractivity (Wildman–Crippen MR) is 94.8 cm³/mol. The Hall–Kier alpha value is -3.88. The highest BCUT2D eigenvalue weighted by atomic mass is 16.5. The lowest BCUT2D eigenvalue weighted by Gasteiger charge is -2.10. The van der Waals surface area contributed by atoms with Crippen LogP contribution in [0.5, 0.6) is 0 Å². The van der Waals surface area contributed by atoms with Crippen molar-refractivity contribution < 1.29 is 9.32 Å². The molecule has 0 saturated carbocycles. The van der Waals surface area contributed by atoms with Gasteiger partial charge in [0.05, 0.1) is 0 Å². The first-order chi connectivity index (χ1) is 13.2. The summed E-state index contributed by atoms with van der Waals surface area (Å²) in [6, 6.07) is 12.1. The average molecular weight is 361 g/mol. The summed E-state index contributed by atoms with van der Waals surface area (Å²) in [4.78, 5) is 21.1. The van der Waals surface area contributed by atoms with E-state index in [1.54, 1.807) is 60.7 Å². The number of amides is 1. The number of carbonyl (C=O) groups is 1. The molecule has 4 aromatic rings. The summed E-state index contributed by atoms with van der Waals surface area (Å²) in [5.41, 5.74) is 1.89. The fourth-order valence-corrected chi connectivity index (χ4v) is 2.49. The van der Waals surface area contributed by atoms with Crippen LogP contribution in [0, 0.1) is 0 Å². The first-order valence-corrected chi connectivity index (χ1v) is 8.21. The van der Waals surface area contributed by atoms with E-state index in [4.69, 9.17) is 4.52 Å². The second-order valence-electron chi connectivity index (χ2n) is 5.79. The maximum Gasteiger partial charge on any atom is 0.251 e. The molecule has 0 aliphatic carbocycles. The maximum absolute atomic E-state index is 12.6. The molecule has 9 heteroatoms. The second-order valence-corrected chi connectivity index (χ2v) is 5.79. The lowest BCUT2D eigenvalue weighted by molar-refractivity contribution is 0.0932. The molecule has 1 amide bonds. The van der Waals surface area contributed by atoms with E-state index in [9.17, 15) is 4.79 Å². The molecule has 4 rings (SSSR count). The third-order valence-electron chi connectivity index (χ3n) is 3.88. The Balaban J connectivity index is 1.49. The molecular formula is C18H15N7O2. The molecule has 1 atom stereocenters. The van der Waals surface area contributed by atoms with Gasteiger partial charge in [-0.15, -0.1) is 10.2 Å². The number of nitrogens with zero attached hydrogens (tertiary/aromatic N) is 6. The molecule has 0 radical (unpaired) electrons. The van der Waals surface area contributed by atoms with Crippen molar-refractivity contribution in [3.05, 3.63) is 72.8 Å². The molecule has 0 bridgehead atoms. The van der Waals surface area contributed by atoms with Crippen LogP contribution in [-0.2, 0) is 0 Å². The van der Waals surface area contributed by atoms with Gasteiger partial charge in [0, 0.05) is 17.4 Å². The van der Waals surface area contributed by atoms with Crippen LogP contribution >= 0.6 is 0 Å². The largest absolute Gasteiger partial charge is 0.341 e. The highest BCUT2D eigenvalue weighted by molar-refractivity contribution is 5.94. The number of hydrogen-bond donors (Lipinski definition) is 1. The molecule has 3 aromatic heterocycles. The lowest BCUT2D eigenvalue weighted by atomic mass is 10.1. The minimum Gasteiger partial charge on any atom is -0.341 e. The van der Waals surface area contributed by atoms with Gasteiger partial charge in [-0.05, 0) is 37.3 Å². The summed E-state index contributed by atoms with van der Waals surface area (Å²) in [6.45, 7) is 1.78. The SMILES string of the molecule is CC(NC(=O)c1cccc(-n2cnnc2)c1)c1nc(-c2ccccn2)no1. The first-order valence-electron chi connectivity index (χ1n) is 8.21. The molecule has 0 fully saturated rings. The Morgan fingerprint density at radius 2 is 2.00 bits per heavy atom. The van der Waals surface area contributed by atoms with Crippen molar-refractivity contribution in [3.63, 3.8) is 0 Å². The van der Waals surface area contributed by atoms with Crippen molar-refractivity contribution in [1.29, 1.82) is 0 Å². The molecule has 1 unspecified atom stereocenters. The van der Waals surface area contributed by atoms with E-state index in [-0.39, 0.29) is 5.91 Å². The van der Waals surface area contributed by atoms with E-state index >= 15 is 0 Å². The Bertz CT molecular complexity index is 1040. The monoisotopic (exact) mass is 361 g/mol. The Kier molecular flexibility index (Phi) is 4.40. The van der Waals surface area contributed by atoms with E-state index in [2.05, 4.69) is 30.6 Å². The molecular weight excluding hydrogens is 346 g/mol. The standard InChI is InChI=1S/C18H15N7O2/c1-12(18-23-16(24-27-18)15-7-2-3-8-19-15)22-17(26)13-5-4-6-14(9-13)25-10-20-21-11-25/h2-12H,1H3,(H,22,26). The van der Waals surface area contributed by atoms with Crippen LogP contribution in [0.2, 0.25) is 0 Å². The van der Waals surface area contributed by atoms with Crippen LogP contribution in [0.1, 0.15) is 29.2 Å². The van der Waals surface area contributed by atoms with Gasteiger partial charge >= 0.3 is 0 Å². The highest BCUT2D eigenvalue weighted by Crippen LogP contribution is 2.17. The quantitative estimate of drug-likeness (QED) is 0.580. The number of benzene rings is 1. The predicted octanol–water partition coefficient (Wildman–Crippen LogP) is 2.20. The summed E-state index contributed by atoms with van der Waals surface area (Å²) in [5, 5.41) is 14.3. The topological polar surface area (TPSA) is 112 Å². The molecule has 27 heavy (non-hydrogen) atoms. The summed E-state index contributed by atoms with van der Waals surface area (Å²) in [6.07, 6.45) is 4.79. The molecule has 1 N–H and O–H groups in total. The van der Waals surface area contributed by atoms with Gasteiger partial charge in [0.15, 0.2) is 0 Å². The zero-order valence-electron chi connectivity index (χ0n) is 14.4. The van der Waals surface area contributed by atoms with Crippen LogP contribution in [0.4, 0.5) is 0 Å². The van der Waals surface area contributed by atoms with Crippen molar-refractivity contribution >= 4 is 5.91 Å². The van der Waals surface area contributed by atoms with Crippen molar-refractivity contribution in [2.75, 3.05) is 0 Å². The molecule has 0 saturated heterocycles. The van der Waals surface area contributed by atoms with Crippen LogP contribution < -0.4 is 5.32 Å². The van der Waals surface area contributed by atoms with Crippen LogP contribution in [-0.4, -0.2) is 35.8 Å². The molecule has 3 heterocycles. The third kappa shape index (κ3) is 3.56. The molecule has 1 aromatic carbocycles. The van der Waals surface area contributed by atoms with Crippen molar-refractivity contribution in [2.24, 2.45) is 0 Å². The van der Waals surface area contributed by atoms with Crippen molar-refractivity contribution in [2.45, 2.75) is 13.0 Å². The maximum atomic E-state index is 12.6. The average Bonchev–Trinajstić information content (AvgIpc) is 3.41. The fourth-order valence-electron chi connectivity index (χ4n) is 2.49. The molecule has 0 aliphatic rings. The van der Waals surface area contributed by atoms with Gasteiger partial charge in [-0.25, -0.2) is 0 Å². The zero-order valence-corrected chi connectivity index (χ0v) is 14.4. The number of carbonyl (C=O) groups excluding carboxylic acids is 1. The van der Waals surface area contributed by atoms with Crippen LogP contribution in [0.15, 0.2) is 65.8 Å². The minimum absolute atomic E-state index is 0.255. The summed E-state index contributed by atoms with van der Waals surface area (Å²) in [7, 11) is 0. The van der Waals surface area contributed by atoms with E-state index in [1.807, 2.05) is 12.1 Å².